The van der Waals surface area contributed by atoms with Crippen molar-refractivity contribution >= 4 is 0 Å². The van der Waals surface area contributed by atoms with Gasteiger partial charge in [0, 0.05) is 13.1 Å². The van der Waals surface area contributed by atoms with Gasteiger partial charge >= 0.3 is 0 Å². The monoisotopic (exact) mass is 289 g/mol. The van der Waals surface area contributed by atoms with Crippen LogP contribution in [0.4, 0.5) is 0 Å². The fourth-order valence-electron chi connectivity index (χ4n) is 3.23. The van der Waals surface area contributed by atoms with E-state index in [1.807, 2.05) is 0 Å². The topological polar surface area (TPSA) is 36.1 Å². The van der Waals surface area contributed by atoms with E-state index in [1.165, 1.54) is 46.2 Å². The van der Waals surface area contributed by atoms with Gasteiger partial charge in [-0.15, -0.1) is 0 Å². The Balaban J connectivity index is 2.26. The molecule has 2 heterocycles. The molecule has 3 nitrogen and oxygen atoms in total. The highest BCUT2D eigenvalue weighted by Gasteiger charge is 2.14. The number of hydrogen-bond acceptors (Lipinski definition) is 3. The van der Waals surface area contributed by atoms with E-state index in [0.29, 0.717) is 0 Å². The SMILES string of the molecule is Cc1c(C)c2c(C)c(C)c1CNCCCNCCCNC2. The van der Waals surface area contributed by atoms with Gasteiger partial charge in [-0.1, -0.05) is 0 Å². The van der Waals surface area contributed by atoms with Crippen LogP contribution in [0.15, 0.2) is 0 Å². The molecule has 21 heavy (non-hydrogen) atoms. The Hall–Kier alpha value is -0.900. The van der Waals surface area contributed by atoms with Crippen molar-refractivity contribution in [2.75, 3.05) is 26.2 Å². The molecule has 0 radical (unpaired) electrons. The van der Waals surface area contributed by atoms with Crippen molar-refractivity contribution in [1.82, 2.24) is 16.0 Å². The molecule has 0 atom stereocenters. The molecule has 0 spiro atoms. The van der Waals surface area contributed by atoms with Gasteiger partial charge in [-0.2, -0.15) is 0 Å². The van der Waals surface area contributed by atoms with Crippen molar-refractivity contribution in [1.29, 1.82) is 0 Å². The predicted octanol–water partition coefficient (Wildman–Crippen LogP) is 2.48. The molecular weight excluding hydrogens is 258 g/mol. The van der Waals surface area contributed by atoms with Crippen LogP contribution in [0.25, 0.3) is 0 Å². The first-order chi connectivity index (χ1) is 10.1. The van der Waals surface area contributed by atoms with Crippen molar-refractivity contribution in [3.63, 3.8) is 0 Å². The first-order valence-electron chi connectivity index (χ1n) is 8.33. The lowest BCUT2D eigenvalue weighted by Gasteiger charge is -2.21. The molecule has 0 aliphatic carbocycles. The van der Waals surface area contributed by atoms with Gasteiger partial charge in [0.1, 0.15) is 0 Å². The van der Waals surface area contributed by atoms with Gasteiger partial charge in [-0.25, -0.2) is 0 Å². The molecule has 3 rings (SSSR count). The average Bonchev–Trinajstić information content (AvgIpc) is 2.48. The fraction of sp³-hybridized carbons (Fsp3) is 0.667. The molecule has 1 aromatic rings. The minimum Gasteiger partial charge on any atom is -0.317 e. The Bertz CT molecular complexity index is 408. The third-order valence-electron chi connectivity index (χ3n) is 4.95. The number of benzene rings is 1. The summed E-state index contributed by atoms with van der Waals surface area (Å²) in [5.74, 6) is 0. The minimum absolute atomic E-state index is 0.993. The van der Waals surface area contributed by atoms with E-state index in [0.717, 1.165) is 39.3 Å². The van der Waals surface area contributed by atoms with Crippen molar-refractivity contribution in [3.8, 4) is 0 Å². The number of fused-ring (bicyclic) bond motifs is 12. The van der Waals surface area contributed by atoms with Crippen molar-refractivity contribution in [3.05, 3.63) is 33.4 Å². The summed E-state index contributed by atoms with van der Waals surface area (Å²) in [6.45, 7) is 15.5. The third-order valence-corrected chi connectivity index (χ3v) is 4.95. The van der Waals surface area contributed by atoms with Gasteiger partial charge in [0.05, 0.1) is 0 Å². The Morgan fingerprint density at radius 1 is 0.524 bits per heavy atom. The molecule has 2 aliphatic heterocycles. The second-order valence-corrected chi connectivity index (χ2v) is 6.27. The second kappa shape index (κ2) is 7.92. The maximum absolute atomic E-state index is 3.61. The molecule has 0 fully saturated rings. The van der Waals surface area contributed by atoms with Crippen LogP contribution in [0.3, 0.4) is 0 Å². The summed E-state index contributed by atoms with van der Waals surface area (Å²) in [6.07, 6.45) is 2.39. The smallest absolute Gasteiger partial charge is 0.0210 e. The second-order valence-electron chi connectivity index (χ2n) is 6.27. The largest absolute Gasteiger partial charge is 0.317 e. The summed E-state index contributed by atoms with van der Waals surface area (Å²) in [5, 5.41) is 10.7. The van der Waals surface area contributed by atoms with Crippen LogP contribution in [-0.4, -0.2) is 26.2 Å². The third kappa shape index (κ3) is 4.06. The predicted molar refractivity (Wildman–Crippen MR) is 90.9 cm³/mol. The Kier molecular flexibility index (Phi) is 6.22. The summed E-state index contributed by atoms with van der Waals surface area (Å²) in [5.41, 5.74) is 8.87. The molecule has 0 amide bonds. The highest BCUT2D eigenvalue weighted by Crippen LogP contribution is 2.26. The summed E-state index contributed by atoms with van der Waals surface area (Å²) >= 11 is 0. The zero-order chi connectivity index (χ0) is 15.2. The van der Waals surface area contributed by atoms with Gasteiger partial charge in [-0.05, 0) is 100 Å². The Morgan fingerprint density at radius 2 is 0.857 bits per heavy atom. The van der Waals surface area contributed by atoms with Crippen LogP contribution in [0, 0.1) is 27.7 Å². The molecule has 1 aromatic carbocycles. The van der Waals surface area contributed by atoms with E-state index >= 15 is 0 Å². The number of hydrogen-bond donors (Lipinski definition) is 3. The maximum Gasteiger partial charge on any atom is 0.0210 e. The molecular formula is C18H31N3. The van der Waals surface area contributed by atoms with Crippen LogP contribution in [0.5, 0.6) is 0 Å². The molecule has 2 bridgehead atoms. The van der Waals surface area contributed by atoms with Gasteiger partial charge in [-0.3, -0.25) is 0 Å². The van der Waals surface area contributed by atoms with Crippen molar-refractivity contribution in [2.24, 2.45) is 0 Å². The van der Waals surface area contributed by atoms with Crippen LogP contribution in [0.1, 0.15) is 46.2 Å². The maximum atomic E-state index is 3.61. The highest BCUT2D eigenvalue weighted by atomic mass is 14.9. The molecule has 0 saturated carbocycles. The highest BCUT2D eigenvalue weighted by molar-refractivity contribution is 5.50. The van der Waals surface area contributed by atoms with E-state index in [-0.39, 0.29) is 0 Å². The van der Waals surface area contributed by atoms with Gasteiger partial charge in [0.15, 0.2) is 0 Å². The average molecular weight is 289 g/mol. The fourth-order valence-corrected chi connectivity index (χ4v) is 3.23. The van der Waals surface area contributed by atoms with E-state index < -0.39 is 0 Å². The Morgan fingerprint density at radius 3 is 1.24 bits per heavy atom. The van der Waals surface area contributed by atoms with Crippen molar-refractivity contribution in [2.45, 2.75) is 53.6 Å². The number of rotatable bonds is 0. The van der Waals surface area contributed by atoms with Crippen LogP contribution >= 0.6 is 0 Å². The standard InChI is InChI=1S/C18H31N3/c1-13-14(2)18-12-21-10-6-8-19-7-5-9-20-11-17(13)15(3)16(18)4/h19-21H,5-12H2,1-4H3. The van der Waals surface area contributed by atoms with E-state index in [2.05, 4.69) is 43.6 Å². The summed E-state index contributed by atoms with van der Waals surface area (Å²) in [6, 6.07) is 0. The van der Waals surface area contributed by atoms with Gasteiger partial charge in [0.2, 0.25) is 0 Å². The van der Waals surface area contributed by atoms with E-state index in [1.54, 1.807) is 0 Å². The zero-order valence-corrected chi connectivity index (χ0v) is 14.2. The lowest BCUT2D eigenvalue weighted by Crippen LogP contribution is -2.24. The lowest BCUT2D eigenvalue weighted by molar-refractivity contribution is 0.566. The molecule has 0 saturated heterocycles. The summed E-state index contributed by atoms with van der Waals surface area (Å²) < 4.78 is 0. The quantitative estimate of drug-likeness (QED) is 0.687. The minimum atomic E-state index is 0.993. The lowest BCUT2D eigenvalue weighted by atomic mass is 9.88. The van der Waals surface area contributed by atoms with Crippen LogP contribution in [-0.2, 0) is 13.1 Å². The Labute approximate surface area is 129 Å². The molecule has 2 aliphatic rings. The van der Waals surface area contributed by atoms with Crippen LogP contribution < -0.4 is 16.0 Å². The van der Waals surface area contributed by atoms with Crippen LogP contribution in [0.2, 0.25) is 0 Å². The number of nitrogens with one attached hydrogen (secondary N) is 3. The normalized spacial score (nSPS) is 18.3. The summed E-state index contributed by atoms with van der Waals surface area (Å²) in [7, 11) is 0. The molecule has 3 heteroatoms. The van der Waals surface area contributed by atoms with E-state index in [4.69, 9.17) is 0 Å². The first-order valence-corrected chi connectivity index (χ1v) is 8.33. The molecule has 3 N–H and O–H groups in total. The first kappa shape index (κ1) is 16.5. The molecule has 0 aromatic heterocycles. The summed E-state index contributed by atoms with van der Waals surface area (Å²) in [4.78, 5) is 0. The van der Waals surface area contributed by atoms with Crippen molar-refractivity contribution < 1.29 is 0 Å². The van der Waals surface area contributed by atoms with Gasteiger partial charge in [0.25, 0.3) is 0 Å². The van der Waals surface area contributed by atoms with Gasteiger partial charge < -0.3 is 16.0 Å². The molecule has 0 unspecified atom stereocenters. The zero-order valence-electron chi connectivity index (χ0n) is 14.2. The molecule has 118 valence electrons. The van der Waals surface area contributed by atoms with E-state index in [9.17, 15) is 0 Å².